The number of carbonyl (C=O) groups is 3. The van der Waals surface area contributed by atoms with Gasteiger partial charge in [-0.25, -0.2) is 4.79 Å². The number of carboxylic acids is 1. The van der Waals surface area contributed by atoms with Gasteiger partial charge in [-0.2, -0.15) is 0 Å². The Balaban J connectivity index is 1.63. The number of aliphatic carboxylic acids is 1. The second-order valence-electron chi connectivity index (χ2n) is 8.94. The van der Waals surface area contributed by atoms with Gasteiger partial charge in [0.1, 0.15) is 12.6 Å². The zero-order chi connectivity index (χ0) is 24.0. The Bertz CT molecular complexity index is 974. The number of benzene rings is 2. The zero-order valence-electron chi connectivity index (χ0n) is 19.1. The monoisotopic (exact) mass is 454 g/mol. The SMILES string of the molecule is COCC(C)(C)CNC(=O)C(CC(=O)O)NC(=O)OCC1c2ccccc2-c2ccccc21. The van der Waals surface area contributed by atoms with Crippen molar-refractivity contribution in [3.8, 4) is 11.1 Å². The molecule has 0 heterocycles. The summed E-state index contributed by atoms with van der Waals surface area (Å²) in [6.45, 7) is 4.56. The molecule has 3 rings (SSSR count). The van der Waals surface area contributed by atoms with Gasteiger partial charge in [0.15, 0.2) is 0 Å². The van der Waals surface area contributed by atoms with Gasteiger partial charge in [-0.15, -0.1) is 0 Å². The molecule has 2 aromatic rings. The predicted octanol–water partition coefficient (Wildman–Crippen LogP) is 3.16. The topological polar surface area (TPSA) is 114 Å². The number of hydrogen-bond donors (Lipinski definition) is 3. The molecule has 2 aromatic carbocycles. The minimum atomic E-state index is -1.25. The Morgan fingerprint density at radius 2 is 1.61 bits per heavy atom. The number of amides is 2. The van der Waals surface area contributed by atoms with Crippen molar-refractivity contribution in [1.82, 2.24) is 10.6 Å². The fourth-order valence-electron chi connectivity index (χ4n) is 4.06. The highest BCUT2D eigenvalue weighted by molar-refractivity contribution is 5.89. The molecule has 1 unspecified atom stereocenters. The van der Waals surface area contributed by atoms with Crippen molar-refractivity contribution >= 4 is 18.0 Å². The van der Waals surface area contributed by atoms with Gasteiger partial charge in [0.05, 0.1) is 13.0 Å². The first-order chi connectivity index (χ1) is 15.7. The molecule has 1 aliphatic carbocycles. The van der Waals surface area contributed by atoms with E-state index in [0.29, 0.717) is 6.61 Å². The standard InChI is InChI=1S/C25H30N2O6/c1-25(2,15-32-3)14-26-23(30)21(12-22(28)29)27-24(31)33-13-20-18-10-6-4-8-16(18)17-9-5-7-11-19(17)20/h4-11,20-21H,12-15H2,1-3H3,(H,26,30)(H,27,31)(H,28,29). The smallest absolute Gasteiger partial charge is 0.407 e. The van der Waals surface area contributed by atoms with Crippen molar-refractivity contribution in [3.05, 3.63) is 59.7 Å². The number of rotatable bonds is 10. The number of hydrogen-bond acceptors (Lipinski definition) is 5. The third-order valence-electron chi connectivity index (χ3n) is 5.61. The first-order valence-electron chi connectivity index (χ1n) is 10.8. The minimum Gasteiger partial charge on any atom is -0.481 e. The summed E-state index contributed by atoms with van der Waals surface area (Å²) in [6, 6.07) is 14.6. The molecule has 1 aliphatic rings. The third kappa shape index (κ3) is 6.10. The van der Waals surface area contributed by atoms with E-state index in [0.717, 1.165) is 22.3 Å². The van der Waals surface area contributed by atoms with Crippen molar-refractivity contribution in [2.75, 3.05) is 26.9 Å². The molecule has 0 saturated carbocycles. The van der Waals surface area contributed by atoms with E-state index in [4.69, 9.17) is 9.47 Å². The van der Waals surface area contributed by atoms with E-state index in [2.05, 4.69) is 10.6 Å². The van der Waals surface area contributed by atoms with E-state index in [-0.39, 0.29) is 24.5 Å². The average Bonchev–Trinajstić information content (AvgIpc) is 3.09. The first kappa shape index (κ1) is 24.3. The van der Waals surface area contributed by atoms with Gasteiger partial charge in [-0.05, 0) is 22.3 Å². The van der Waals surface area contributed by atoms with Crippen LogP contribution in [-0.4, -0.2) is 56.0 Å². The second-order valence-corrected chi connectivity index (χ2v) is 8.94. The van der Waals surface area contributed by atoms with Crippen LogP contribution >= 0.6 is 0 Å². The summed E-state index contributed by atoms with van der Waals surface area (Å²) in [5.41, 5.74) is 3.98. The largest absolute Gasteiger partial charge is 0.481 e. The lowest BCUT2D eigenvalue weighted by molar-refractivity contribution is -0.139. The number of fused-ring (bicyclic) bond motifs is 3. The summed E-state index contributed by atoms with van der Waals surface area (Å²) in [5.74, 6) is -1.93. The van der Waals surface area contributed by atoms with Crippen molar-refractivity contribution in [2.24, 2.45) is 5.41 Å². The van der Waals surface area contributed by atoms with Crippen LogP contribution in [0.25, 0.3) is 11.1 Å². The average molecular weight is 455 g/mol. The molecule has 33 heavy (non-hydrogen) atoms. The van der Waals surface area contributed by atoms with Crippen LogP contribution in [0.5, 0.6) is 0 Å². The normalized spacial score (nSPS) is 13.5. The van der Waals surface area contributed by atoms with E-state index in [1.165, 1.54) is 0 Å². The van der Waals surface area contributed by atoms with Gasteiger partial charge in [0.2, 0.25) is 5.91 Å². The van der Waals surface area contributed by atoms with E-state index in [1.807, 2.05) is 62.4 Å². The second kappa shape index (κ2) is 10.5. The molecule has 0 bridgehead atoms. The number of carbonyl (C=O) groups excluding carboxylic acids is 2. The lowest BCUT2D eigenvalue weighted by Crippen LogP contribution is -2.50. The van der Waals surface area contributed by atoms with Crippen LogP contribution in [0.15, 0.2) is 48.5 Å². The molecule has 176 valence electrons. The number of carboxylic acid groups (broad SMARTS) is 1. The molecule has 0 spiro atoms. The van der Waals surface area contributed by atoms with Crippen LogP contribution in [-0.2, 0) is 19.1 Å². The number of alkyl carbamates (subject to hydrolysis) is 1. The van der Waals surface area contributed by atoms with Crippen molar-refractivity contribution in [1.29, 1.82) is 0 Å². The van der Waals surface area contributed by atoms with Crippen molar-refractivity contribution in [3.63, 3.8) is 0 Å². The van der Waals surface area contributed by atoms with E-state index < -0.39 is 30.4 Å². The minimum absolute atomic E-state index is 0.0716. The van der Waals surface area contributed by atoms with Crippen LogP contribution in [0.3, 0.4) is 0 Å². The summed E-state index contributed by atoms with van der Waals surface area (Å²) in [5, 5.41) is 14.3. The Hall–Kier alpha value is -3.39. The number of ether oxygens (including phenoxy) is 2. The van der Waals surface area contributed by atoms with Gasteiger partial charge in [-0.3, -0.25) is 9.59 Å². The molecule has 2 amide bonds. The summed E-state index contributed by atoms with van der Waals surface area (Å²) < 4.78 is 10.6. The molecule has 3 N–H and O–H groups in total. The molecule has 8 nitrogen and oxygen atoms in total. The first-order valence-corrected chi connectivity index (χ1v) is 10.8. The summed E-state index contributed by atoms with van der Waals surface area (Å²) in [4.78, 5) is 36.3. The van der Waals surface area contributed by atoms with Crippen molar-refractivity contribution in [2.45, 2.75) is 32.2 Å². The highest BCUT2D eigenvalue weighted by Gasteiger charge is 2.30. The van der Waals surface area contributed by atoms with Gasteiger partial charge in [-0.1, -0.05) is 62.4 Å². The van der Waals surface area contributed by atoms with Crippen LogP contribution < -0.4 is 10.6 Å². The fourth-order valence-corrected chi connectivity index (χ4v) is 4.06. The molecule has 0 saturated heterocycles. The molecular formula is C25H30N2O6. The van der Waals surface area contributed by atoms with Gasteiger partial charge in [0.25, 0.3) is 0 Å². The molecule has 0 fully saturated rings. The van der Waals surface area contributed by atoms with Crippen LogP contribution in [0.4, 0.5) is 4.79 Å². The van der Waals surface area contributed by atoms with Crippen LogP contribution in [0.1, 0.15) is 37.3 Å². The van der Waals surface area contributed by atoms with E-state index in [9.17, 15) is 19.5 Å². The van der Waals surface area contributed by atoms with Crippen LogP contribution in [0, 0.1) is 5.41 Å². The predicted molar refractivity (Wildman–Crippen MR) is 123 cm³/mol. The lowest BCUT2D eigenvalue weighted by atomic mass is 9.94. The maximum Gasteiger partial charge on any atom is 0.407 e. The zero-order valence-corrected chi connectivity index (χ0v) is 19.1. The van der Waals surface area contributed by atoms with E-state index >= 15 is 0 Å². The molecule has 1 atom stereocenters. The number of nitrogens with one attached hydrogen (secondary N) is 2. The number of methoxy groups -OCH3 is 1. The van der Waals surface area contributed by atoms with Crippen LogP contribution in [0.2, 0.25) is 0 Å². The van der Waals surface area contributed by atoms with Crippen molar-refractivity contribution < 1.29 is 29.0 Å². The molecule has 0 aliphatic heterocycles. The maximum atomic E-state index is 12.6. The van der Waals surface area contributed by atoms with Gasteiger partial charge in [0, 0.05) is 25.0 Å². The molecule has 0 aromatic heterocycles. The van der Waals surface area contributed by atoms with E-state index in [1.54, 1.807) is 7.11 Å². The molecule has 8 heteroatoms. The molecular weight excluding hydrogens is 424 g/mol. The Morgan fingerprint density at radius 3 is 2.15 bits per heavy atom. The Kier molecular flexibility index (Phi) is 7.71. The third-order valence-corrected chi connectivity index (χ3v) is 5.61. The summed E-state index contributed by atoms with van der Waals surface area (Å²) >= 11 is 0. The highest BCUT2D eigenvalue weighted by Crippen LogP contribution is 2.44. The maximum absolute atomic E-state index is 12.6. The fraction of sp³-hybridized carbons (Fsp3) is 0.400. The summed E-state index contributed by atoms with van der Waals surface area (Å²) in [6.07, 6.45) is -1.39. The van der Waals surface area contributed by atoms with Gasteiger partial charge >= 0.3 is 12.1 Å². The lowest BCUT2D eigenvalue weighted by Gasteiger charge is -2.25. The summed E-state index contributed by atoms with van der Waals surface area (Å²) in [7, 11) is 1.56. The quantitative estimate of drug-likeness (QED) is 0.508. The highest BCUT2D eigenvalue weighted by atomic mass is 16.5. The Labute approximate surface area is 193 Å². The molecule has 0 radical (unpaired) electrons. The van der Waals surface area contributed by atoms with Gasteiger partial charge < -0.3 is 25.2 Å². The Morgan fingerprint density at radius 1 is 1.03 bits per heavy atom.